The van der Waals surface area contributed by atoms with Gasteiger partial charge in [-0.15, -0.1) is 0 Å². The first-order chi connectivity index (χ1) is 10.3. The molecule has 116 valence electrons. The maximum Gasteiger partial charge on any atom is 0.245 e. The fraction of sp³-hybridized carbons (Fsp3) is 0.316. The van der Waals surface area contributed by atoms with E-state index in [1.807, 2.05) is 0 Å². The van der Waals surface area contributed by atoms with Gasteiger partial charge in [0, 0.05) is 0 Å². The SMILES string of the molecule is CCCCn1c[n+](Cc2ccccc2C)c2ccccc21.[Cl-]. The predicted octanol–water partition coefficient (Wildman–Crippen LogP) is 1.09. The Morgan fingerprint density at radius 1 is 1.00 bits per heavy atom. The molecule has 1 aromatic heterocycles. The van der Waals surface area contributed by atoms with Crippen LogP contribution in [0.4, 0.5) is 0 Å². The minimum atomic E-state index is 0. The third-order valence-electron chi connectivity index (χ3n) is 4.13. The number of aryl methyl sites for hydroxylation is 2. The van der Waals surface area contributed by atoms with Crippen molar-refractivity contribution in [3.05, 3.63) is 66.0 Å². The summed E-state index contributed by atoms with van der Waals surface area (Å²) in [6.45, 7) is 6.46. The molecule has 0 atom stereocenters. The molecule has 2 aromatic carbocycles. The van der Waals surface area contributed by atoms with Crippen molar-refractivity contribution in [1.29, 1.82) is 0 Å². The van der Waals surface area contributed by atoms with Crippen LogP contribution in [-0.2, 0) is 13.1 Å². The van der Waals surface area contributed by atoms with Gasteiger partial charge in [0.15, 0.2) is 11.0 Å². The summed E-state index contributed by atoms with van der Waals surface area (Å²) in [5.41, 5.74) is 5.40. The average molecular weight is 315 g/mol. The highest BCUT2D eigenvalue weighted by Gasteiger charge is 2.15. The maximum absolute atomic E-state index is 2.39. The van der Waals surface area contributed by atoms with Crippen molar-refractivity contribution in [2.75, 3.05) is 0 Å². The summed E-state index contributed by atoms with van der Waals surface area (Å²) in [6, 6.07) is 17.3. The summed E-state index contributed by atoms with van der Waals surface area (Å²) >= 11 is 0. The molecule has 2 nitrogen and oxygen atoms in total. The van der Waals surface area contributed by atoms with E-state index in [2.05, 4.69) is 77.8 Å². The van der Waals surface area contributed by atoms with Gasteiger partial charge < -0.3 is 12.4 Å². The summed E-state index contributed by atoms with van der Waals surface area (Å²) in [6.07, 6.45) is 4.72. The largest absolute Gasteiger partial charge is 1.00 e. The van der Waals surface area contributed by atoms with E-state index in [0.29, 0.717) is 0 Å². The molecule has 3 aromatic rings. The first-order valence-corrected chi connectivity index (χ1v) is 7.81. The number of halogens is 1. The normalized spacial score (nSPS) is 10.6. The van der Waals surface area contributed by atoms with Gasteiger partial charge in [-0.1, -0.05) is 49.7 Å². The zero-order valence-electron chi connectivity index (χ0n) is 13.3. The molecule has 0 N–H and O–H groups in total. The second-order valence-electron chi connectivity index (χ2n) is 5.71. The lowest BCUT2D eigenvalue weighted by molar-refractivity contribution is -0.663. The monoisotopic (exact) mass is 314 g/mol. The average Bonchev–Trinajstić information content (AvgIpc) is 2.86. The summed E-state index contributed by atoms with van der Waals surface area (Å²) in [7, 11) is 0. The Morgan fingerprint density at radius 3 is 2.50 bits per heavy atom. The van der Waals surface area contributed by atoms with Crippen LogP contribution in [-0.4, -0.2) is 4.57 Å². The van der Waals surface area contributed by atoms with E-state index in [9.17, 15) is 0 Å². The molecule has 0 saturated carbocycles. The van der Waals surface area contributed by atoms with Gasteiger partial charge in [0.1, 0.15) is 6.54 Å². The number of aromatic nitrogens is 2. The quantitative estimate of drug-likeness (QED) is 0.624. The van der Waals surface area contributed by atoms with Gasteiger partial charge in [-0.3, -0.25) is 0 Å². The van der Waals surface area contributed by atoms with Crippen LogP contribution in [0.2, 0.25) is 0 Å². The van der Waals surface area contributed by atoms with Crippen LogP contribution in [0.15, 0.2) is 54.9 Å². The first-order valence-electron chi connectivity index (χ1n) is 7.81. The smallest absolute Gasteiger partial charge is 0.245 e. The van der Waals surface area contributed by atoms with Crippen LogP contribution in [0.5, 0.6) is 0 Å². The van der Waals surface area contributed by atoms with Crippen molar-refractivity contribution < 1.29 is 17.0 Å². The number of unbranched alkanes of at least 4 members (excludes halogenated alkanes) is 1. The highest BCUT2D eigenvalue weighted by Crippen LogP contribution is 2.14. The number of benzene rings is 2. The van der Waals surface area contributed by atoms with Crippen LogP contribution in [0.25, 0.3) is 11.0 Å². The molecule has 0 amide bonds. The van der Waals surface area contributed by atoms with Gasteiger partial charge in [-0.2, -0.15) is 0 Å². The molecule has 0 saturated heterocycles. The van der Waals surface area contributed by atoms with E-state index in [1.165, 1.54) is 35.0 Å². The fourth-order valence-corrected chi connectivity index (χ4v) is 2.85. The van der Waals surface area contributed by atoms with Gasteiger partial charge in [-0.25, -0.2) is 9.13 Å². The van der Waals surface area contributed by atoms with E-state index in [1.54, 1.807) is 0 Å². The van der Waals surface area contributed by atoms with Crippen molar-refractivity contribution in [3.8, 4) is 0 Å². The van der Waals surface area contributed by atoms with E-state index in [4.69, 9.17) is 0 Å². The van der Waals surface area contributed by atoms with Gasteiger partial charge >= 0.3 is 0 Å². The van der Waals surface area contributed by atoms with Crippen molar-refractivity contribution in [1.82, 2.24) is 4.57 Å². The topological polar surface area (TPSA) is 8.81 Å². The lowest BCUT2D eigenvalue weighted by Gasteiger charge is -2.02. The summed E-state index contributed by atoms with van der Waals surface area (Å²) in [5.74, 6) is 0. The number of imidazole rings is 1. The molecular formula is C19H23ClN2. The second-order valence-corrected chi connectivity index (χ2v) is 5.71. The van der Waals surface area contributed by atoms with Crippen LogP contribution in [0.3, 0.4) is 0 Å². The summed E-state index contributed by atoms with van der Waals surface area (Å²) < 4.78 is 4.75. The Kier molecular flexibility index (Phi) is 5.62. The van der Waals surface area contributed by atoms with E-state index in [0.717, 1.165) is 13.1 Å². The molecule has 0 fully saturated rings. The molecule has 1 heterocycles. The fourth-order valence-electron chi connectivity index (χ4n) is 2.85. The lowest BCUT2D eigenvalue weighted by Crippen LogP contribution is -3.00. The van der Waals surface area contributed by atoms with Crippen LogP contribution in [0.1, 0.15) is 30.9 Å². The summed E-state index contributed by atoms with van der Waals surface area (Å²) in [5, 5.41) is 0. The Morgan fingerprint density at radius 2 is 1.73 bits per heavy atom. The van der Waals surface area contributed by atoms with Crippen LogP contribution < -0.4 is 17.0 Å². The van der Waals surface area contributed by atoms with Gasteiger partial charge in [0.05, 0.1) is 6.54 Å². The number of fused-ring (bicyclic) bond motifs is 1. The minimum absolute atomic E-state index is 0. The standard InChI is InChI=1S/C19H23N2.ClH/c1-3-4-13-20-15-21(19-12-8-7-11-18(19)20)14-17-10-6-5-9-16(17)2;/h5-12,15H,3-4,13-14H2,1-2H3;1H/q+1;/p-1. The van der Waals surface area contributed by atoms with Crippen molar-refractivity contribution in [2.45, 2.75) is 39.8 Å². The van der Waals surface area contributed by atoms with E-state index in [-0.39, 0.29) is 12.4 Å². The number of rotatable bonds is 5. The molecule has 0 aliphatic heterocycles. The number of hydrogen-bond acceptors (Lipinski definition) is 0. The van der Waals surface area contributed by atoms with Gasteiger partial charge in [0.2, 0.25) is 6.33 Å². The molecule has 0 bridgehead atoms. The van der Waals surface area contributed by atoms with Crippen LogP contribution >= 0.6 is 0 Å². The molecule has 0 aliphatic rings. The Balaban J connectivity index is 0.00000176. The molecule has 0 unspecified atom stereocenters. The molecule has 0 radical (unpaired) electrons. The molecule has 0 spiro atoms. The van der Waals surface area contributed by atoms with Crippen molar-refractivity contribution in [2.24, 2.45) is 0 Å². The summed E-state index contributed by atoms with van der Waals surface area (Å²) in [4.78, 5) is 0. The number of nitrogens with zero attached hydrogens (tertiary/aromatic N) is 2. The Labute approximate surface area is 138 Å². The highest BCUT2D eigenvalue weighted by molar-refractivity contribution is 5.71. The lowest BCUT2D eigenvalue weighted by atomic mass is 10.1. The highest BCUT2D eigenvalue weighted by atomic mass is 35.5. The molecule has 3 heteroatoms. The van der Waals surface area contributed by atoms with Crippen LogP contribution in [0, 0.1) is 6.92 Å². The number of para-hydroxylation sites is 2. The zero-order valence-corrected chi connectivity index (χ0v) is 14.1. The van der Waals surface area contributed by atoms with E-state index >= 15 is 0 Å². The molecule has 22 heavy (non-hydrogen) atoms. The molecule has 3 rings (SSSR count). The van der Waals surface area contributed by atoms with E-state index < -0.39 is 0 Å². The number of hydrogen-bond donors (Lipinski definition) is 0. The zero-order chi connectivity index (χ0) is 14.7. The minimum Gasteiger partial charge on any atom is -1.00 e. The van der Waals surface area contributed by atoms with Crippen molar-refractivity contribution >= 4 is 11.0 Å². The third-order valence-corrected chi connectivity index (χ3v) is 4.13. The third kappa shape index (κ3) is 3.33. The first kappa shape index (κ1) is 16.6. The second kappa shape index (κ2) is 7.46. The van der Waals surface area contributed by atoms with Crippen molar-refractivity contribution in [3.63, 3.8) is 0 Å². The molecular weight excluding hydrogens is 292 g/mol. The molecule has 0 aliphatic carbocycles. The Bertz CT molecular complexity index is 746. The van der Waals surface area contributed by atoms with Gasteiger partial charge in [0.25, 0.3) is 0 Å². The predicted molar refractivity (Wildman–Crippen MR) is 87.3 cm³/mol. The maximum atomic E-state index is 2.39. The van der Waals surface area contributed by atoms with Gasteiger partial charge in [-0.05, 0) is 36.6 Å². The Hall–Kier alpha value is -1.80.